The lowest BCUT2D eigenvalue weighted by atomic mass is 9.88. The number of benzene rings is 1. The van der Waals surface area contributed by atoms with Crippen molar-refractivity contribution in [1.29, 1.82) is 0 Å². The van der Waals surface area contributed by atoms with E-state index in [1.165, 1.54) is 25.7 Å². The first-order chi connectivity index (χ1) is 10.2. The van der Waals surface area contributed by atoms with Crippen LogP contribution in [0.5, 0.6) is 0 Å². The zero-order valence-electron chi connectivity index (χ0n) is 12.5. The second kappa shape index (κ2) is 4.90. The van der Waals surface area contributed by atoms with Crippen LogP contribution in [0.2, 0.25) is 0 Å². The lowest BCUT2D eigenvalue weighted by Gasteiger charge is -2.27. The molecule has 3 nitrogen and oxygen atoms in total. The third-order valence-electron chi connectivity index (χ3n) is 5.56. The molecular weight excluding hydrogens is 260 g/mol. The van der Waals surface area contributed by atoms with Gasteiger partial charge in [-0.15, -0.1) is 0 Å². The minimum absolute atomic E-state index is 0.144. The fraction of sp³-hybridized carbons (Fsp3) is 0.500. The van der Waals surface area contributed by atoms with Gasteiger partial charge in [-0.3, -0.25) is 4.79 Å². The van der Waals surface area contributed by atoms with Crippen LogP contribution in [0.15, 0.2) is 30.5 Å². The van der Waals surface area contributed by atoms with E-state index in [0.29, 0.717) is 0 Å². The first kappa shape index (κ1) is 12.9. The summed E-state index contributed by atoms with van der Waals surface area (Å²) < 4.78 is 0. The average molecular weight is 282 g/mol. The van der Waals surface area contributed by atoms with E-state index in [9.17, 15) is 4.79 Å². The van der Waals surface area contributed by atoms with E-state index in [4.69, 9.17) is 0 Å². The van der Waals surface area contributed by atoms with Crippen LogP contribution in [-0.2, 0) is 0 Å². The summed E-state index contributed by atoms with van der Waals surface area (Å²) in [5, 5.41) is 1.11. The summed E-state index contributed by atoms with van der Waals surface area (Å²) in [5.41, 5.74) is 1.76. The van der Waals surface area contributed by atoms with Crippen LogP contribution in [0, 0.1) is 17.8 Å². The Hall–Kier alpha value is -1.77. The van der Waals surface area contributed by atoms with Crippen molar-refractivity contribution in [3.8, 4) is 0 Å². The molecule has 0 aliphatic heterocycles. The number of carbonyl (C=O) groups excluding carboxylic acids is 1. The Kier molecular flexibility index (Phi) is 3.02. The summed E-state index contributed by atoms with van der Waals surface area (Å²) in [6, 6.07) is 7.95. The minimum Gasteiger partial charge on any atom is -0.361 e. The lowest BCUT2D eigenvalue weighted by molar-refractivity contribution is 0.0756. The maximum absolute atomic E-state index is 12.8. The summed E-state index contributed by atoms with van der Waals surface area (Å²) >= 11 is 0. The second-order valence-corrected chi connectivity index (χ2v) is 6.87. The van der Waals surface area contributed by atoms with Crippen molar-refractivity contribution in [2.45, 2.75) is 25.7 Å². The number of carbonyl (C=O) groups is 1. The quantitative estimate of drug-likeness (QED) is 0.916. The first-order valence-electron chi connectivity index (χ1n) is 8.04. The number of amides is 1. The van der Waals surface area contributed by atoms with E-state index in [0.717, 1.165) is 40.8 Å². The summed E-state index contributed by atoms with van der Waals surface area (Å²) in [7, 11) is 1.95. The van der Waals surface area contributed by atoms with E-state index in [1.54, 1.807) is 0 Å². The van der Waals surface area contributed by atoms with Crippen molar-refractivity contribution < 1.29 is 4.79 Å². The number of nitrogens with zero attached hydrogens (tertiary/aromatic N) is 1. The SMILES string of the molecule is CN(CC1CC2CCC1C2)C(=O)c1cccc2cc[nH]c12. The Balaban J connectivity index is 1.53. The van der Waals surface area contributed by atoms with Gasteiger partial charge in [0.25, 0.3) is 5.91 Å². The number of aromatic nitrogens is 1. The zero-order valence-corrected chi connectivity index (χ0v) is 12.5. The normalized spacial score (nSPS) is 27.4. The number of hydrogen-bond donors (Lipinski definition) is 1. The topological polar surface area (TPSA) is 36.1 Å². The van der Waals surface area contributed by atoms with Crippen LogP contribution in [0.1, 0.15) is 36.0 Å². The summed E-state index contributed by atoms with van der Waals surface area (Å²) in [5.74, 6) is 2.67. The summed E-state index contributed by atoms with van der Waals surface area (Å²) in [4.78, 5) is 17.9. The van der Waals surface area contributed by atoms with Gasteiger partial charge in [-0.2, -0.15) is 0 Å². The molecule has 1 aromatic carbocycles. The Morgan fingerprint density at radius 3 is 2.95 bits per heavy atom. The van der Waals surface area contributed by atoms with Crippen LogP contribution in [0.3, 0.4) is 0 Å². The van der Waals surface area contributed by atoms with Crippen molar-refractivity contribution in [3.63, 3.8) is 0 Å². The van der Waals surface area contributed by atoms with Crippen LogP contribution in [0.25, 0.3) is 10.9 Å². The largest absolute Gasteiger partial charge is 0.361 e. The van der Waals surface area contributed by atoms with Crippen molar-refractivity contribution >= 4 is 16.8 Å². The fourth-order valence-corrected chi connectivity index (χ4v) is 4.50. The molecule has 2 fully saturated rings. The van der Waals surface area contributed by atoms with Crippen molar-refractivity contribution in [3.05, 3.63) is 36.0 Å². The highest BCUT2D eigenvalue weighted by atomic mass is 16.2. The number of nitrogens with one attached hydrogen (secondary N) is 1. The van der Waals surface area contributed by atoms with E-state index in [-0.39, 0.29) is 5.91 Å². The van der Waals surface area contributed by atoms with Crippen LogP contribution >= 0.6 is 0 Å². The van der Waals surface area contributed by atoms with Gasteiger partial charge in [0.2, 0.25) is 0 Å². The number of hydrogen-bond acceptors (Lipinski definition) is 1. The van der Waals surface area contributed by atoms with Gasteiger partial charge < -0.3 is 9.88 Å². The number of H-pyrrole nitrogens is 1. The maximum atomic E-state index is 12.8. The molecular formula is C18H22N2O. The third kappa shape index (κ3) is 2.15. The average Bonchev–Trinajstić information content (AvgIpc) is 3.21. The number of para-hydroxylation sites is 1. The standard InChI is InChI=1S/C18H22N2O/c1-20(11-15-10-12-5-6-14(15)9-12)18(21)16-4-2-3-13-7-8-19-17(13)16/h2-4,7-8,12,14-15,19H,5-6,9-11H2,1H3. The van der Waals surface area contributed by atoms with Crippen molar-refractivity contribution in [2.24, 2.45) is 17.8 Å². The van der Waals surface area contributed by atoms with Gasteiger partial charge in [-0.25, -0.2) is 0 Å². The molecule has 2 bridgehead atoms. The molecule has 110 valence electrons. The van der Waals surface area contributed by atoms with Gasteiger partial charge in [-0.1, -0.05) is 18.6 Å². The highest BCUT2D eigenvalue weighted by Crippen LogP contribution is 2.48. The third-order valence-corrected chi connectivity index (χ3v) is 5.56. The van der Waals surface area contributed by atoms with Crippen LogP contribution in [-0.4, -0.2) is 29.4 Å². The smallest absolute Gasteiger partial charge is 0.255 e. The molecule has 2 aliphatic rings. The lowest BCUT2D eigenvalue weighted by Crippen LogP contribution is -2.33. The molecule has 1 heterocycles. The molecule has 4 rings (SSSR count). The van der Waals surface area contributed by atoms with E-state index in [1.807, 2.05) is 42.4 Å². The molecule has 3 unspecified atom stereocenters. The number of rotatable bonds is 3. The highest BCUT2D eigenvalue weighted by molar-refractivity contribution is 6.05. The van der Waals surface area contributed by atoms with Gasteiger partial charge in [0, 0.05) is 25.2 Å². The Morgan fingerprint density at radius 1 is 1.29 bits per heavy atom. The molecule has 3 heteroatoms. The Morgan fingerprint density at radius 2 is 2.19 bits per heavy atom. The van der Waals surface area contributed by atoms with Gasteiger partial charge in [0.05, 0.1) is 11.1 Å². The Labute approximate surface area is 125 Å². The fourth-order valence-electron chi connectivity index (χ4n) is 4.50. The number of aromatic amines is 1. The van der Waals surface area contributed by atoms with Crippen LogP contribution < -0.4 is 0 Å². The van der Waals surface area contributed by atoms with Crippen molar-refractivity contribution in [1.82, 2.24) is 9.88 Å². The van der Waals surface area contributed by atoms with E-state index in [2.05, 4.69) is 4.98 Å². The maximum Gasteiger partial charge on any atom is 0.255 e. The predicted molar refractivity (Wildman–Crippen MR) is 84.2 cm³/mol. The predicted octanol–water partition coefficient (Wildman–Crippen LogP) is 3.68. The van der Waals surface area contributed by atoms with Gasteiger partial charge in [0.1, 0.15) is 0 Å². The zero-order chi connectivity index (χ0) is 14.4. The minimum atomic E-state index is 0.144. The number of fused-ring (bicyclic) bond motifs is 3. The molecule has 0 spiro atoms. The molecule has 0 radical (unpaired) electrons. The van der Waals surface area contributed by atoms with Gasteiger partial charge in [-0.05, 0) is 49.1 Å². The molecule has 2 saturated carbocycles. The molecule has 3 atom stereocenters. The molecule has 21 heavy (non-hydrogen) atoms. The summed E-state index contributed by atoms with van der Waals surface area (Å²) in [6.45, 7) is 0.914. The molecule has 2 aromatic rings. The molecule has 0 saturated heterocycles. The van der Waals surface area contributed by atoms with E-state index >= 15 is 0 Å². The van der Waals surface area contributed by atoms with Gasteiger partial charge in [0.15, 0.2) is 0 Å². The first-order valence-corrected chi connectivity index (χ1v) is 8.04. The molecule has 1 aromatic heterocycles. The second-order valence-electron chi connectivity index (χ2n) is 6.87. The molecule has 2 aliphatic carbocycles. The van der Waals surface area contributed by atoms with Crippen LogP contribution in [0.4, 0.5) is 0 Å². The monoisotopic (exact) mass is 282 g/mol. The van der Waals surface area contributed by atoms with E-state index < -0.39 is 0 Å². The van der Waals surface area contributed by atoms with Crippen molar-refractivity contribution in [2.75, 3.05) is 13.6 Å². The highest BCUT2D eigenvalue weighted by Gasteiger charge is 2.40. The Bertz CT molecular complexity index is 675. The molecule has 1 N–H and O–H groups in total. The molecule has 1 amide bonds. The van der Waals surface area contributed by atoms with Gasteiger partial charge >= 0.3 is 0 Å². The summed E-state index contributed by atoms with van der Waals surface area (Å²) in [6.07, 6.45) is 7.43.